The summed E-state index contributed by atoms with van der Waals surface area (Å²) in [5, 5.41) is 8.35. The van der Waals surface area contributed by atoms with E-state index in [0.717, 1.165) is 27.7 Å². The van der Waals surface area contributed by atoms with Crippen LogP contribution in [0.2, 0.25) is 0 Å². The minimum Gasteiger partial charge on any atom is -0.451 e. The molecule has 0 spiro atoms. The van der Waals surface area contributed by atoms with Crippen LogP contribution < -0.4 is 5.32 Å². The number of nitrogens with zero attached hydrogens (tertiary/aromatic N) is 2. The maximum Gasteiger partial charge on any atom is 0.287 e. The number of hydrogen-bond donors (Lipinski definition) is 1. The first-order valence-electron chi connectivity index (χ1n) is 8.95. The van der Waals surface area contributed by atoms with Crippen molar-refractivity contribution in [3.8, 4) is 0 Å². The molecule has 1 amide bonds. The van der Waals surface area contributed by atoms with Crippen molar-refractivity contribution in [1.29, 1.82) is 0 Å². The second-order valence-electron chi connectivity index (χ2n) is 6.72. The Bertz CT molecular complexity index is 1070. The molecule has 0 saturated heterocycles. The fraction of sp³-hybridized carbons (Fsp3) is 0.182. The van der Waals surface area contributed by atoms with E-state index in [-0.39, 0.29) is 11.9 Å². The summed E-state index contributed by atoms with van der Waals surface area (Å²) in [4.78, 5) is 13.0. The Hall–Kier alpha value is -3.34. The number of hydrogen-bond acceptors (Lipinski definition) is 3. The highest BCUT2D eigenvalue weighted by Crippen LogP contribution is 2.27. The summed E-state index contributed by atoms with van der Waals surface area (Å²) in [6.07, 6.45) is 3.62. The minimum absolute atomic E-state index is 0.215. The first kappa shape index (κ1) is 17.1. The van der Waals surface area contributed by atoms with Crippen molar-refractivity contribution < 1.29 is 9.21 Å². The van der Waals surface area contributed by atoms with Gasteiger partial charge in [-0.2, -0.15) is 5.10 Å². The maximum atomic E-state index is 13.0. The molecule has 0 unspecified atom stereocenters. The Morgan fingerprint density at radius 3 is 2.70 bits per heavy atom. The number of aryl methyl sites for hydroxylation is 2. The zero-order valence-electron chi connectivity index (χ0n) is 15.3. The van der Waals surface area contributed by atoms with Crippen molar-refractivity contribution in [1.82, 2.24) is 15.1 Å². The van der Waals surface area contributed by atoms with Gasteiger partial charge in [0.15, 0.2) is 5.76 Å². The monoisotopic (exact) mass is 359 g/mol. The zero-order valence-corrected chi connectivity index (χ0v) is 15.3. The van der Waals surface area contributed by atoms with Crippen LogP contribution in [0.25, 0.3) is 11.0 Å². The van der Waals surface area contributed by atoms with Crippen LogP contribution in [-0.4, -0.2) is 15.7 Å². The van der Waals surface area contributed by atoms with Crippen LogP contribution in [0, 0.1) is 13.8 Å². The lowest BCUT2D eigenvalue weighted by atomic mass is 10.1. The lowest BCUT2D eigenvalue weighted by Gasteiger charge is -2.19. The van der Waals surface area contributed by atoms with Crippen LogP contribution in [0.3, 0.4) is 0 Å². The number of amides is 1. The summed E-state index contributed by atoms with van der Waals surface area (Å²) in [6, 6.07) is 17.5. The van der Waals surface area contributed by atoms with E-state index in [1.54, 1.807) is 6.20 Å². The lowest BCUT2D eigenvalue weighted by Crippen LogP contribution is -2.31. The SMILES string of the molecule is Cc1ccc2oc(C(=O)N[C@@H](Cn3cccn3)c3ccccc3)c(C)c2c1. The predicted molar refractivity (Wildman–Crippen MR) is 105 cm³/mol. The molecule has 1 N–H and O–H groups in total. The van der Waals surface area contributed by atoms with Crippen LogP contribution in [0.5, 0.6) is 0 Å². The van der Waals surface area contributed by atoms with Crippen molar-refractivity contribution in [3.05, 3.63) is 89.4 Å². The second kappa shape index (κ2) is 7.11. The molecule has 0 aliphatic heterocycles. The Morgan fingerprint density at radius 2 is 1.96 bits per heavy atom. The number of rotatable bonds is 5. The molecule has 2 heterocycles. The summed E-state index contributed by atoms with van der Waals surface area (Å²) in [6.45, 7) is 4.49. The zero-order chi connectivity index (χ0) is 18.8. The van der Waals surface area contributed by atoms with Crippen LogP contribution in [0.1, 0.15) is 33.3 Å². The molecule has 5 heteroatoms. The summed E-state index contributed by atoms with van der Waals surface area (Å²) < 4.78 is 7.67. The van der Waals surface area contributed by atoms with Gasteiger partial charge in [0.25, 0.3) is 5.91 Å². The van der Waals surface area contributed by atoms with Crippen molar-refractivity contribution >= 4 is 16.9 Å². The molecule has 136 valence electrons. The van der Waals surface area contributed by atoms with Crippen LogP contribution in [-0.2, 0) is 6.54 Å². The van der Waals surface area contributed by atoms with E-state index in [2.05, 4.69) is 10.4 Å². The van der Waals surface area contributed by atoms with Gasteiger partial charge in [-0.3, -0.25) is 9.48 Å². The first-order valence-corrected chi connectivity index (χ1v) is 8.95. The maximum absolute atomic E-state index is 13.0. The number of aromatic nitrogens is 2. The smallest absolute Gasteiger partial charge is 0.287 e. The number of nitrogens with one attached hydrogen (secondary N) is 1. The van der Waals surface area contributed by atoms with Crippen LogP contribution in [0.4, 0.5) is 0 Å². The molecule has 5 nitrogen and oxygen atoms in total. The standard InChI is InChI=1S/C22H21N3O2/c1-15-9-10-20-18(13-15)16(2)21(27-20)22(26)24-19(14-25-12-6-11-23-25)17-7-4-3-5-8-17/h3-13,19H,14H2,1-2H3,(H,24,26)/t19-/m0/s1. The quantitative estimate of drug-likeness (QED) is 0.574. The average molecular weight is 359 g/mol. The number of carbonyl (C=O) groups is 1. The number of benzene rings is 2. The van der Waals surface area contributed by atoms with Gasteiger partial charge in [-0.15, -0.1) is 0 Å². The molecule has 2 aromatic carbocycles. The largest absolute Gasteiger partial charge is 0.451 e. The predicted octanol–water partition coefficient (Wildman–Crippen LogP) is 4.42. The summed E-state index contributed by atoms with van der Waals surface area (Å²) in [5.41, 5.74) is 3.74. The normalized spacial score (nSPS) is 12.2. The van der Waals surface area contributed by atoms with E-state index in [1.807, 2.05) is 79.3 Å². The first-order chi connectivity index (χ1) is 13.1. The minimum atomic E-state index is -0.220. The highest BCUT2D eigenvalue weighted by Gasteiger charge is 2.22. The van der Waals surface area contributed by atoms with Crippen LogP contribution >= 0.6 is 0 Å². The van der Waals surface area contributed by atoms with Gasteiger partial charge >= 0.3 is 0 Å². The van der Waals surface area contributed by atoms with E-state index in [0.29, 0.717) is 12.3 Å². The molecule has 0 radical (unpaired) electrons. The fourth-order valence-corrected chi connectivity index (χ4v) is 3.29. The molecule has 0 saturated carbocycles. The van der Waals surface area contributed by atoms with E-state index < -0.39 is 0 Å². The summed E-state index contributed by atoms with van der Waals surface area (Å²) >= 11 is 0. The number of carbonyl (C=O) groups excluding carboxylic acids is 1. The summed E-state index contributed by atoms with van der Waals surface area (Å²) in [5.74, 6) is 0.138. The Balaban J connectivity index is 1.64. The highest BCUT2D eigenvalue weighted by atomic mass is 16.3. The van der Waals surface area contributed by atoms with Gasteiger partial charge in [0, 0.05) is 23.3 Å². The average Bonchev–Trinajstić information content (AvgIpc) is 3.30. The van der Waals surface area contributed by atoms with Crippen molar-refractivity contribution in [2.24, 2.45) is 0 Å². The molecule has 0 bridgehead atoms. The van der Waals surface area contributed by atoms with E-state index in [1.165, 1.54) is 0 Å². The van der Waals surface area contributed by atoms with E-state index >= 15 is 0 Å². The van der Waals surface area contributed by atoms with Crippen molar-refractivity contribution in [3.63, 3.8) is 0 Å². The molecule has 0 fully saturated rings. The second-order valence-corrected chi connectivity index (χ2v) is 6.72. The Morgan fingerprint density at radius 1 is 1.15 bits per heavy atom. The van der Waals surface area contributed by atoms with Crippen molar-refractivity contribution in [2.45, 2.75) is 26.4 Å². The molecule has 4 aromatic rings. The molecule has 2 aromatic heterocycles. The Kier molecular flexibility index (Phi) is 4.50. The molecule has 27 heavy (non-hydrogen) atoms. The molecule has 0 aliphatic rings. The molecular weight excluding hydrogens is 338 g/mol. The third kappa shape index (κ3) is 3.49. The van der Waals surface area contributed by atoms with Crippen LogP contribution in [0.15, 0.2) is 71.4 Å². The lowest BCUT2D eigenvalue weighted by molar-refractivity contribution is 0.0905. The van der Waals surface area contributed by atoms with Gasteiger partial charge in [0.05, 0.1) is 12.6 Å². The van der Waals surface area contributed by atoms with Gasteiger partial charge in [-0.05, 0) is 37.6 Å². The highest BCUT2D eigenvalue weighted by molar-refractivity contribution is 5.99. The molecular formula is C22H21N3O2. The molecule has 1 atom stereocenters. The van der Waals surface area contributed by atoms with Gasteiger partial charge in [-0.25, -0.2) is 0 Å². The summed E-state index contributed by atoms with van der Waals surface area (Å²) in [7, 11) is 0. The Labute approximate surface area is 157 Å². The van der Waals surface area contributed by atoms with E-state index in [9.17, 15) is 4.79 Å². The van der Waals surface area contributed by atoms with Gasteiger partial charge < -0.3 is 9.73 Å². The van der Waals surface area contributed by atoms with E-state index in [4.69, 9.17) is 4.42 Å². The molecule has 4 rings (SSSR count). The van der Waals surface area contributed by atoms with Gasteiger partial charge in [-0.1, -0.05) is 42.0 Å². The third-order valence-corrected chi connectivity index (χ3v) is 4.73. The topological polar surface area (TPSA) is 60.1 Å². The number of furan rings is 1. The van der Waals surface area contributed by atoms with Gasteiger partial charge in [0.2, 0.25) is 0 Å². The van der Waals surface area contributed by atoms with Crippen molar-refractivity contribution in [2.75, 3.05) is 0 Å². The molecule has 0 aliphatic carbocycles. The fourth-order valence-electron chi connectivity index (χ4n) is 3.29. The van der Waals surface area contributed by atoms with Gasteiger partial charge in [0.1, 0.15) is 5.58 Å². The third-order valence-electron chi connectivity index (χ3n) is 4.73. The number of fused-ring (bicyclic) bond motifs is 1.